The maximum absolute atomic E-state index is 13.2. The molecular formula is C13H18FINOS+. The van der Waals surface area contributed by atoms with Gasteiger partial charge in [0.1, 0.15) is 6.61 Å². The molecule has 0 aliphatic rings. The predicted octanol–water partition coefficient (Wildman–Crippen LogP) is 4.15. The molecule has 0 aliphatic heterocycles. The van der Waals surface area contributed by atoms with Crippen LogP contribution in [0, 0.1) is 0 Å². The topological polar surface area (TPSA) is 36.9 Å². The molecular weight excluding hydrogens is 364 g/mol. The molecule has 0 fully saturated rings. The monoisotopic (exact) mass is 382 g/mol. The van der Waals surface area contributed by atoms with Gasteiger partial charge in [-0.15, -0.1) is 11.3 Å². The SMILES string of the molecule is CC=C(CCCC(F)=C([NH3+])I)OCc1cccs1. The minimum atomic E-state index is -0.121. The number of allylic oxidation sites excluding steroid dienone is 3. The first-order valence-corrected chi connectivity index (χ1v) is 7.75. The van der Waals surface area contributed by atoms with E-state index in [1.807, 2.05) is 53.1 Å². The van der Waals surface area contributed by atoms with Gasteiger partial charge in [0.15, 0.2) is 9.53 Å². The molecule has 1 aromatic heterocycles. The van der Waals surface area contributed by atoms with Gasteiger partial charge in [0, 0.05) is 40.3 Å². The standard InChI is InChI=1S/C13H17FINOS/c1-2-10(5-3-7-12(14)13(15)16)17-9-11-6-4-8-18-11/h2,4,6,8H,3,5,7,9,16H2,1H3/p+1. The van der Waals surface area contributed by atoms with E-state index in [2.05, 4.69) is 5.73 Å². The highest BCUT2D eigenvalue weighted by Crippen LogP contribution is 2.19. The fraction of sp³-hybridized carbons (Fsp3) is 0.385. The second-order valence-corrected chi connectivity index (χ2v) is 6.12. The Kier molecular flexibility index (Phi) is 7.53. The van der Waals surface area contributed by atoms with Crippen LogP contribution in [0.4, 0.5) is 4.39 Å². The Hall–Kier alpha value is -0.400. The number of hydrogen-bond donors (Lipinski definition) is 1. The third-order valence-electron chi connectivity index (χ3n) is 2.42. The first kappa shape index (κ1) is 15.7. The molecule has 100 valence electrons. The van der Waals surface area contributed by atoms with Gasteiger partial charge < -0.3 is 10.5 Å². The summed E-state index contributed by atoms with van der Waals surface area (Å²) in [5.74, 6) is 0.805. The molecule has 1 heterocycles. The van der Waals surface area contributed by atoms with Gasteiger partial charge in [0.2, 0.25) is 0 Å². The van der Waals surface area contributed by atoms with Crippen LogP contribution in [0.5, 0.6) is 0 Å². The number of rotatable bonds is 7. The zero-order valence-electron chi connectivity index (χ0n) is 10.4. The quantitative estimate of drug-likeness (QED) is 0.429. The van der Waals surface area contributed by atoms with E-state index in [1.54, 1.807) is 11.3 Å². The predicted molar refractivity (Wildman–Crippen MR) is 81.8 cm³/mol. The van der Waals surface area contributed by atoms with Gasteiger partial charge in [0.05, 0.1) is 5.76 Å². The normalized spacial score (nSPS) is 13.4. The zero-order valence-corrected chi connectivity index (χ0v) is 13.4. The molecule has 3 N–H and O–H groups in total. The molecule has 0 radical (unpaired) electrons. The molecule has 0 aromatic carbocycles. The number of halogens is 2. The van der Waals surface area contributed by atoms with E-state index >= 15 is 0 Å². The van der Waals surface area contributed by atoms with Crippen molar-refractivity contribution in [3.05, 3.63) is 43.8 Å². The summed E-state index contributed by atoms with van der Waals surface area (Å²) in [5, 5.41) is 2.03. The van der Waals surface area contributed by atoms with Crippen LogP contribution in [0.3, 0.4) is 0 Å². The van der Waals surface area contributed by atoms with Crippen LogP contribution in [-0.2, 0) is 11.3 Å². The molecule has 5 heteroatoms. The van der Waals surface area contributed by atoms with Gasteiger partial charge in [-0.2, -0.15) is 0 Å². The summed E-state index contributed by atoms with van der Waals surface area (Å²) in [7, 11) is 0. The third kappa shape index (κ3) is 5.97. The zero-order chi connectivity index (χ0) is 13.4. The van der Waals surface area contributed by atoms with Gasteiger partial charge in [-0.3, -0.25) is 0 Å². The lowest BCUT2D eigenvalue weighted by Crippen LogP contribution is -2.44. The average Bonchev–Trinajstić information content (AvgIpc) is 2.86. The van der Waals surface area contributed by atoms with Crippen LogP contribution in [0.2, 0.25) is 0 Å². The summed E-state index contributed by atoms with van der Waals surface area (Å²) >= 11 is 3.59. The fourth-order valence-corrected chi connectivity index (χ4v) is 2.30. The molecule has 0 saturated carbocycles. The highest BCUT2D eigenvalue weighted by molar-refractivity contribution is 14.1. The number of hydrogen-bond acceptors (Lipinski definition) is 2. The average molecular weight is 382 g/mol. The fourth-order valence-electron chi connectivity index (χ4n) is 1.41. The minimum Gasteiger partial charge on any atom is -0.493 e. The van der Waals surface area contributed by atoms with Crippen molar-refractivity contribution in [1.29, 1.82) is 0 Å². The van der Waals surface area contributed by atoms with Crippen LogP contribution in [0.25, 0.3) is 0 Å². The molecule has 18 heavy (non-hydrogen) atoms. The molecule has 0 unspecified atom stereocenters. The molecule has 0 atom stereocenters. The highest BCUT2D eigenvalue weighted by Gasteiger charge is 2.05. The second kappa shape index (κ2) is 8.66. The Morgan fingerprint density at radius 2 is 2.33 bits per heavy atom. The van der Waals surface area contributed by atoms with E-state index in [4.69, 9.17) is 4.74 Å². The molecule has 0 aliphatic carbocycles. The summed E-state index contributed by atoms with van der Waals surface area (Å²) in [6, 6.07) is 4.06. The summed E-state index contributed by atoms with van der Waals surface area (Å²) in [6.07, 6.45) is 3.89. The molecule has 0 saturated heterocycles. The molecule has 0 amide bonds. The Bertz CT molecular complexity index is 411. The largest absolute Gasteiger partial charge is 0.493 e. The number of quaternary nitrogens is 1. The molecule has 0 bridgehead atoms. The van der Waals surface area contributed by atoms with Crippen molar-refractivity contribution in [2.24, 2.45) is 0 Å². The van der Waals surface area contributed by atoms with Gasteiger partial charge >= 0.3 is 0 Å². The lowest BCUT2D eigenvalue weighted by molar-refractivity contribution is -0.283. The van der Waals surface area contributed by atoms with Crippen molar-refractivity contribution in [1.82, 2.24) is 0 Å². The smallest absolute Gasteiger partial charge is 0.196 e. The minimum absolute atomic E-state index is 0.121. The molecule has 2 nitrogen and oxygen atoms in total. The van der Waals surface area contributed by atoms with Gasteiger partial charge in [-0.05, 0) is 30.9 Å². The molecule has 0 spiro atoms. The Morgan fingerprint density at radius 3 is 2.89 bits per heavy atom. The van der Waals surface area contributed by atoms with Crippen molar-refractivity contribution >= 4 is 33.9 Å². The van der Waals surface area contributed by atoms with Crippen molar-refractivity contribution in [3.8, 4) is 0 Å². The van der Waals surface area contributed by atoms with Crippen molar-refractivity contribution in [2.75, 3.05) is 0 Å². The van der Waals surface area contributed by atoms with Crippen LogP contribution in [0.1, 0.15) is 31.1 Å². The Labute approximate surface area is 125 Å². The van der Waals surface area contributed by atoms with E-state index in [9.17, 15) is 4.39 Å². The Balaban J connectivity index is 2.28. The van der Waals surface area contributed by atoms with Crippen LogP contribution >= 0.6 is 33.9 Å². The maximum atomic E-state index is 13.2. The van der Waals surface area contributed by atoms with Crippen LogP contribution < -0.4 is 5.73 Å². The van der Waals surface area contributed by atoms with Crippen molar-refractivity contribution in [3.63, 3.8) is 0 Å². The van der Waals surface area contributed by atoms with E-state index in [0.29, 0.717) is 16.7 Å². The number of ether oxygens (including phenoxy) is 1. The summed E-state index contributed by atoms with van der Waals surface area (Å²) in [6.45, 7) is 2.55. The van der Waals surface area contributed by atoms with E-state index in [1.165, 1.54) is 4.88 Å². The summed E-state index contributed by atoms with van der Waals surface area (Å²) in [5.41, 5.74) is 3.57. The van der Waals surface area contributed by atoms with Gasteiger partial charge in [0.25, 0.3) is 0 Å². The van der Waals surface area contributed by atoms with Crippen molar-refractivity contribution < 1.29 is 14.9 Å². The highest BCUT2D eigenvalue weighted by atomic mass is 127. The molecule has 1 aromatic rings. The lowest BCUT2D eigenvalue weighted by atomic mass is 10.2. The first-order chi connectivity index (χ1) is 8.63. The summed E-state index contributed by atoms with van der Waals surface area (Å²) < 4.78 is 19.4. The van der Waals surface area contributed by atoms with E-state index in [0.717, 1.165) is 18.6 Å². The van der Waals surface area contributed by atoms with Crippen LogP contribution in [-0.4, -0.2) is 0 Å². The second-order valence-electron chi connectivity index (χ2n) is 3.79. The van der Waals surface area contributed by atoms with E-state index in [-0.39, 0.29) is 5.83 Å². The van der Waals surface area contributed by atoms with Crippen LogP contribution in [0.15, 0.2) is 38.9 Å². The lowest BCUT2D eigenvalue weighted by Gasteiger charge is -2.08. The summed E-state index contributed by atoms with van der Waals surface area (Å²) in [4.78, 5) is 1.20. The van der Waals surface area contributed by atoms with Gasteiger partial charge in [-0.25, -0.2) is 4.39 Å². The number of thiophene rings is 1. The van der Waals surface area contributed by atoms with Crippen molar-refractivity contribution in [2.45, 2.75) is 32.8 Å². The maximum Gasteiger partial charge on any atom is 0.196 e. The van der Waals surface area contributed by atoms with Gasteiger partial charge in [-0.1, -0.05) is 6.07 Å². The van der Waals surface area contributed by atoms with E-state index < -0.39 is 0 Å². The molecule has 1 rings (SSSR count). The Morgan fingerprint density at radius 1 is 1.56 bits per heavy atom. The first-order valence-electron chi connectivity index (χ1n) is 5.80. The third-order valence-corrected chi connectivity index (χ3v) is 3.85.